The Morgan fingerprint density at radius 1 is 1.24 bits per heavy atom. The van der Waals surface area contributed by atoms with Gasteiger partial charge in [-0.2, -0.15) is 0 Å². The molecule has 1 aromatic heterocycles. The lowest BCUT2D eigenvalue weighted by molar-refractivity contribution is -0.119. The van der Waals surface area contributed by atoms with Crippen LogP contribution in [0, 0.1) is 11.8 Å². The zero-order chi connectivity index (χ0) is 23.7. The van der Waals surface area contributed by atoms with Crippen LogP contribution in [0.2, 0.25) is 0 Å². The summed E-state index contributed by atoms with van der Waals surface area (Å²) in [6, 6.07) is 15.4. The minimum Gasteiger partial charge on any atom is -0.493 e. The second kappa shape index (κ2) is 9.10. The van der Waals surface area contributed by atoms with Gasteiger partial charge in [0.2, 0.25) is 5.91 Å². The number of ether oxygens (including phenoxy) is 1. The van der Waals surface area contributed by atoms with Gasteiger partial charge in [-0.25, -0.2) is 4.98 Å². The van der Waals surface area contributed by atoms with E-state index in [1.165, 1.54) is 0 Å². The number of aliphatic hydroxyl groups excluding tert-OH is 2. The summed E-state index contributed by atoms with van der Waals surface area (Å²) in [5.41, 5.74) is 3.06. The number of imidazole rings is 1. The molecule has 1 unspecified atom stereocenters. The average Bonchev–Trinajstić information content (AvgIpc) is 3.16. The monoisotopic (exact) mass is 471 g/mol. The van der Waals surface area contributed by atoms with Gasteiger partial charge in [0.05, 0.1) is 11.8 Å². The standard InChI is InChI=1S/C26H25N3O4Si/c1-17(31)24-27-14-15-29(24)21(16-30)9-4-18-2-5-19(6-3-18)20-7-10-22(11-8-20)33-25-26(34-25)13-12-23(32)28-26/h2-3,5-8,10-11,14-15,17,21,25,30-31H,12-13,16H2,1H3,(H,28,32)/t17-,21-,25?,26+/m0/s1. The highest BCUT2D eigenvalue weighted by atomic mass is 28.2. The van der Waals surface area contributed by atoms with Gasteiger partial charge in [-0.05, 0) is 48.7 Å². The Balaban J connectivity index is 1.23. The highest BCUT2D eigenvalue weighted by Crippen LogP contribution is 2.38. The number of nitrogens with one attached hydrogen (secondary N) is 1. The molecular weight excluding hydrogens is 446 g/mol. The Morgan fingerprint density at radius 3 is 2.56 bits per heavy atom. The molecule has 1 spiro atoms. The number of carbonyl (C=O) groups is 1. The van der Waals surface area contributed by atoms with Crippen LogP contribution in [0.1, 0.15) is 43.3 Å². The van der Waals surface area contributed by atoms with Crippen LogP contribution < -0.4 is 10.1 Å². The number of rotatable bonds is 6. The first-order valence-electron chi connectivity index (χ1n) is 11.3. The van der Waals surface area contributed by atoms with Gasteiger partial charge in [0.15, 0.2) is 0 Å². The molecule has 5 rings (SSSR count). The van der Waals surface area contributed by atoms with E-state index >= 15 is 0 Å². The number of hydrogen-bond acceptors (Lipinski definition) is 5. The van der Waals surface area contributed by atoms with Crippen molar-refractivity contribution >= 4 is 15.4 Å². The molecule has 2 aromatic carbocycles. The van der Waals surface area contributed by atoms with Crippen molar-refractivity contribution in [3.63, 3.8) is 0 Å². The number of nitrogens with zero attached hydrogens (tertiary/aromatic N) is 2. The molecule has 34 heavy (non-hydrogen) atoms. The summed E-state index contributed by atoms with van der Waals surface area (Å²) in [4.78, 5) is 15.6. The van der Waals surface area contributed by atoms with E-state index in [2.05, 4.69) is 22.1 Å². The number of amides is 1. The summed E-state index contributed by atoms with van der Waals surface area (Å²) < 4.78 is 7.77. The molecule has 7 nitrogen and oxygen atoms in total. The molecule has 0 bridgehead atoms. The first-order chi connectivity index (χ1) is 16.5. The van der Waals surface area contributed by atoms with Crippen molar-refractivity contribution in [2.24, 2.45) is 0 Å². The fourth-order valence-corrected chi connectivity index (χ4v) is 5.54. The van der Waals surface area contributed by atoms with Crippen molar-refractivity contribution in [3.05, 3.63) is 72.3 Å². The van der Waals surface area contributed by atoms with E-state index in [9.17, 15) is 15.0 Å². The number of aromatic nitrogens is 2. The van der Waals surface area contributed by atoms with Crippen LogP contribution >= 0.6 is 0 Å². The van der Waals surface area contributed by atoms with Gasteiger partial charge in [-0.3, -0.25) is 4.79 Å². The number of aliphatic hydroxyl groups is 2. The molecule has 3 N–H and O–H groups in total. The van der Waals surface area contributed by atoms with Gasteiger partial charge in [-0.15, -0.1) is 0 Å². The molecule has 2 aliphatic heterocycles. The van der Waals surface area contributed by atoms with Crippen LogP contribution in [0.3, 0.4) is 0 Å². The molecule has 0 saturated carbocycles. The summed E-state index contributed by atoms with van der Waals surface area (Å²) in [7, 11) is 0.616. The topological polar surface area (TPSA) is 96.6 Å². The van der Waals surface area contributed by atoms with E-state index in [1.807, 2.05) is 48.5 Å². The largest absolute Gasteiger partial charge is 0.493 e. The molecular formula is C26H25N3O4Si. The second-order valence-electron chi connectivity index (χ2n) is 8.60. The Bertz CT molecular complexity index is 1240. The van der Waals surface area contributed by atoms with Gasteiger partial charge >= 0.3 is 0 Å². The highest BCUT2D eigenvalue weighted by Gasteiger charge is 2.61. The van der Waals surface area contributed by atoms with Crippen LogP contribution in [-0.2, 0) is 4.79 Å². The van der Waals surface area contributed by atoms with Crippen molar-refractivity contribution in [1.29, 1.82) is 0 Å². The summed E-state index contributed by atoms with van der Waals surface area (Å²) in [6.07, 6.45) is 4.02. The maximum atomic E-state index is 11.5. The smallest absolute Gasteiger partial charge is 0.220 e. The molecule has 172 valence electrons. The molecule has 3 heterocycles. The molecule has 0 aliphatic carbocycles. The predicted octanol–water partition coefficient (Wildman–Crippen LogP) is 2.22. The molecule has 2 fully saturated rings. The van der Waals surface area contributed by atoms with Crippen molar-refractivity contribution in [2.45, 2.75) is 42.8 Å². The Morgan fingerprint density at radius 2 is 1.94 bits per heavy atom. The summed E-state index contributed by atoms with van der Waals surface area (Å²) in [5, 5.41) is 22.6. The Labute approximate surface area is 200 Å². The minimum absolute atomic E-state index is 0.0874. The fraction of sp³-hybridized carbons (Fsp3) is 0.308. The third-order valence-corrected chi connectivity index (χ3v) is 7.87. The second-order valence-corrected chi connectivity index (χ2v) is 10.3. The quantitative estimate of drug-likeness (QED) is 0.378. The van der Waals surface area contributed by atoms with E-state index in [-0.39, 0.29) is 23.4 Å². The zero-order valence-corrected chi connectivity index (χ0v) is 19.7. The highest BCUT2D eigenvalue weighted by molar-refractivity contribution is 6.57. The maximum absolute atomic E-state index is 11.5. The van der Waals surface area contributed by atoms with Gasteiger partial charge in [-0.1, -0.05) is 36.1 Å². The van der Waals surface area contributed by atoms with E-state index < -0.39 is 12.1 Å². The molecule has 3 aromatic rings. The number of carbonyl (C=O) groups excluding carboxylic acids is 1. The van der Waals surface area contributed by atoms with E-state index in [1.54, 1.807) is 23.9 Å². The lowest BCUT2D eigenvalue weighted by Gasteiger charge is -2.14. The van der Waals surface area contributed by atoms with Crippen molar-refractivity contribution < 1.29 is 19.7 Å². The van der Waals surface area contributed by atoms with Crippen LogP contribution in [-0.4, -0.2) is 52.7 Å². The predicted molar refractivity (Wildman–Crippen MR) is 128 cm³/mol. The normalized spacial score (nSPS) is 22.6. The maximum Gasteiger partial charge on any atom is 0.220 e. The summed E-state index contributed by atoms with van der Waals surface area (Å²) >= 11 is 0. The zero-order valence-electron chi connectivity index (χ0n) is 18.7. The number of hydrogen-bond donors (Lipinski definition) is 3. The first-order valence-corrected chi connectivity index (χ1v) is 12.3. The van der Waals surface area contributed by atoms with Crippen LogP contribution in [0.5, 0.6) is 5.75 Å². The third kappa shape index (κ3) is 4.50. The van der Waals surface area contributed by atoms with Gasteiger partial charge in [0.25, 0.3) is 0 Å². The van der Waals surface area contributed by atoms with E-state index in [0.29, 0.717) is 21.8 Å². The first kappa shape index (κ1) is 22.4. The minimum atomic E-state index is -0.740. The average molecular weight is 472 g/mol. The fourth-order valence-electron chi connectivity index (χ4n) is 4.20. The van der Waals surface area contributed by atoms with E-state index in [0.717, 1.165) is 28.9 Å². The van der Waals surface area contributed by atoms with Crippen molar-refractivity contribution in [3.8, 4) is 28.7 Å². The van der Waals surface area contributed by atoms with Crippen molar-refractivity contribution in [2.75, 3.05) is 6.61 Å². The molecule has 2 radical (unpaired) electrons. The lowest BCUT2D eigenvalue weighted by Crippen LogP contribution is -2.33. The Hall–Kier alpha value is -3.38. The summed E-state index contributed by atoms with van der Waals surface area (Å²) in [5.74, 6) is 7.58. The molecule has 8 heteroatoms. The van der Waals surface area contributed by atoms with Crippen LogP contribution in [0.25, 0.3) is 11.1 Å². The van der Waals surface area contributed by atoms with Crippen molar-refractivity contribution in [1.82, 2.24) is 14.9 Å². The molecule has 1 amide bonds. The van der Waals surface area contributed by atoms with Gasteiger partial charge in [0, 0.05) is 24.4 Å². The van der Waals surface area contributed by atoms with Crippen LogP contribution in [0.15, 0.2) is 60.9 Å². The number of benzene rings is 2. The summed E-state index contributed by atoms with van der Waals surface area (Å²) in [6.45, 7) is 1.46. The van der Waals surface area contributed by atoms with Crippen LogP contribution in [0.4, 0.5) is 0 Å². The molecule has 2 aliphatic rings. The van der Waals surface area contributed by atoms with Gasteiger partial charge < -0.3 is 24.8 Å². The molecule has 4 atom stereocenters. The Kier molecular flexibility index (Phi) is 6.00. The lowest BCUT2D eigenvalue weighted by atomic mass is 10.0. The van der Waals surface area contributed by atoms with Gasteiger partial charge in [0.1, 0.15) is 39.0 Å². The third-order valence-electron chi connectivity index (χ3n) is 6.15. The molecule has 2 saturated heterocycles. The van der Waals surface area contributed by atoms with E-state index in [4.69, 9.17) is 4.74 Å². The SMILES string of the molecule is C[C@H](O)c1nccn1[C@@H](C#Cc1ccc(-c2ccc(OC3[Si][C@]34CCC(=O)N4)cc2)cc1)CO.